The summed E-state index contributed by atoms with van der Waals surface area (Å²) in [5.74, 6) is 0. The van der Waals surface area contributed by atoms with Crippen molar-refractivity contribution in [2.45, 2.75) is 0 Å². The molecule has 1 aromatic carbocycles. The Balaban J connectivity index is 0.000000213. The molecule has 0 N–H and O–H groups in total. The number of hydrogen-bond acceptors (Lipinski definition) is 3. The molecule has 0 unspecified atom stereocenters. The summed E-state index contributed by atoms with van der Waals surface area (Å²) >= 11 is -2.51. The Morgan fingerprint density at radius 1 is 1.00 bits per heavy atom. The van der Waals surface area contributed by atoms with Gasteiger partial charge in [-0.1, -0.05) is 24.3 Å². The van der Waals surface area contributed by atoms with Crippen molar-refractivity contribution in [3.63, 3.8) is 0 Å². The Kier molecular flexibility index (Phi) is 4.06. The molecule has 2 rings (SSSR count). The molecule has 0 aliphatic heterocycles. The Morgan fingerprint density at radius 2 is 1.42 bits per heavy atom. The van der Waals surface area contributed by atoms with Gasteiger partial charge in [0.05, 0.1) is 12.5 Å². The van der Waals surface area contributed by atoms with Crippen molar-refractivity contribution < 1.29 is 36.7 Å². The fraction of sp³-hybridized carbons (Fsp3) is 0. The molecule has 1 heterocycles. The van der Waals surface area contributed by atoms with Gasteiger partial charge in [-0.15, -0.1) is 0 Å². The predicted molar refractivity (Wildman–Crippen MR) is 37.6 cm³/mol. The van der Waals surface area contributed by atoms with E-state index in [2.05, 4.69) is 0 Å². The molecule has 4 heteroatoms. The maximum absolute atomic E-state index is 8.58. The van der Waals surface area contributed by atoms with Crippen molar-refractivity contribution in [2.75, 3.05) is 0 Å². The SMILES string of the molecule is [O]=[U+2]=[O].c1ccc2cocc2c1. The van der Waals surface area contributed by atoms with Gasteiger partial charge in [0.15, 0.2) is 0 Å². The molecule has 0 aliphatic carbocycles. The molecule has 0 aliphatic rings. The monoisotopic (exact) mass is 388 g/mol. The molecule has 0 atom stereocenters. The summed E-state index contributed by atoms with van der Waals surface area (Å²) in [6.45, 7) is 0. The standard InChI is InChI=1S/C8H6O.2O.U/c1-2-4-8-6-9-5-7(8)3-1;;;/h1-6H;;;/q;;;+2. The number of furan rings is 1. The Bertz CT molecular complexity index is 358. The molecule has 2 aromatic rings. The summed E-state index contributed by atoms with van der Waals surface area (Å²) in [6, 6.07) is 8.05. The first-order valence-corrected chi connectivity index (χ1v) is 6.68. The molecule has 0 saturated carbocycles. The van der Waals surface area contributed by atoms with Gasteiger partial charge in [-0.05, 0) is 0 Å². The Hall–Kier alpha value is -0.588. The zero-order valence-electron chi connectivity index (χ0n) is 6.19. The van der Waals surface area contributed by atoms with E-state index in [1.54, 1.807) is 12.5 Å². The second-order valence-electron chi connectivity index (χ2n) is 2.08. The molecule has 0 radical (unpaired) electrons. The van der Waals surface area contributed by atoms with Crippen molar-refractivity contribution in [1.29, 1.82) is 0 Å². The molecule has 0 fully saturated rings. The predicted octanol–water partition coefficient (Wildman–Crippen LogP) is 2.20. The van der Waals surface area contributed by atoms with E-state index in [1.165, 1.54) is 0 Å². The Labute approximate surface area is 84.0 Å². The van der Waals surface area contributed by atoms with Crippen LogP contribution in [0.15, 0.2) is 41.2 Å². The third-order valence-corrected chi connectivity index (χ3v) is 1.39. The quantitative estimate of drug-likeness (QED) is 0.696. The summed E-state index contributed by atoms with van der Waals surface area (Å²) in [4.78, 5) is 0. The minimum absolute atomic E-state index is 1.16. The van der Waals surface area contributed by atoms with E-state index in [4.69, 9.17) is 8.89 Å². The fourth-order valence-corrected chi connectivity index (χ4v) is 0.906. The summed E-state index contributed by atoms with van der Waals surface area (Å²) in [7, 11) is 0. The van der Waals surface area contributed by atoms with Gasteiger partial charge < -0.3 is 4.42 Å². The average Bonchev–Trinajstić information content (AvgIpc) is 2.52. The van der Waals surface area contributed by atoms with Crippen LogP contribution in [0.4, 0.5) is 0 Å². The summed E-state index contributed by atoms with van der Waals surface area (Å²) in [6.07, 6.45) is 3.49. The number of rotatable bonds is 0. The minimum atomic E-state index is -2.51. The van der Waals surface area contributed by atoms with E-state index in [1.807, 2.05) is 24.3 Å². The number of fused-ring (bicyclic) bond motifs is 1. The van der Waals surface area contributed by atoms with Crippen molar-refractivity contribution in [3.05, 3.63) is 36.8 Å². The van der Waals surface area contributed by atoms with Gasteiger partial charge in [-0.3, -0.25) is 0 Å². The molecule has 3 nitrogen and oxygen atoms in total. The summed E-state index contributed by atoms with van der Waals surface area (Å²) in [5.41, 5.74) is 0. The van der Waals surface area contributed by atoms with Crippen LogP contribution in [0.25, 0.3) is 10.8 Å². The van der Waals surface area contributed by atoms with Gasteiger partial charge in [-0.25, -0.2) is 0 Å². The van der Waals surface area contributed by atoms with Crippen molar-refractivity contribution in [1.82, 2.24) is 0 Å². The molecule has 1 aromatic heterocycles. The van der Waals surface area contributed by atoms with E-state index in [0.717, 1.165) is 10.8 Å². The van der Waals surface area contributed by atoms with Crippen molar-refractivity contribution >= 4 is 10.8 Å². The van der Waals surface area contributed by atoms with Crippen molar-refractivity contribution in [2.24, 2.45) is 0 Å². The minimum Gasteiger partial charge on any atom is -0.471 e. The fourth-order valence-electron chi connectivity index (χ4n) is 0.906. The Morgan fingerprint density at radius 3 is 1.83 bits per heavy atom. The molecule has 0 spiro atoms. The maximum Gasteiger partial charge on any atom is 0.0981 e. The summed E-state index contributed by atoms with van der Waals surface area (Å²) < 4.78 is 22.1. The molecule has 12 heavy (non-hydrogen) atoms. The second kappa shape index (κ2) is 5.13. The molecule has 0 amide bonds. The van der Waals surface area contributed by atoms with Gasteiger partial charge in [0.1, 0.15) is 0 Å². The number of hydrogen-bond donors (Lipinski definition) is 0. The number of benzene rings is 1. The average molecular weight is 388 g/mol. The topological polar surface area (TPSA) is 47.3 Å². The first-order chi connectivity index (χ1) is 5.88. The van der Waals surface area contributed by atoms with Crippen LogP contribution in [0.2, 0.25) is 0 Å². The molecular weight excluding hydrogens is 382 g/mol. The molecule has 58 valence electrons. The van der Waals surface area contributed by atoms with Gasteiger partial charge in [0.2, 0.25) is 0 Å². The van der Waals surface area contributed by atoms with Crippen molar-refractivity contribution in [3.8, 4) is 0 Å². The van der Waals surface area contributed by atoms with Gasteiger partial charge in [-0.2, -0.15) is 0 Å². The van der Waals surface area contributed by atoms with E-state index in [-0.39, 0.29) is 0 Å². The first-order valence-electron chi connectivity index (χ1n) is 3.28. The van der Waals surface area contributed by atoms with E-state index >= 15 is 0 Å². The summed E-state index contributed by atoms with van der Waals surface area (Å²) in [5, 5.41) is 2.33. The molecule has 0 bridgehead atoms. The van der Waals surface area contributed by atoms with Crippen LogP contribution in [-0.4, -0.2) is 0 Å². The van der Waals surface area contributed by atoms with E-state index in [0.29, 0.717) is 0 Å². The van der Waals surface area contributed by atoms with Crippen LogP contribution < -0.4 is 0 Å². The van der Waals surface area contributed by atoms with Gasteiger partial charge >= 0.3 is 32.3 Å². The second-order valence-corrected chi connectivity index (χ2v) is 2.78. The van der Waals surface area contributed by atoms with Gasteiger partial charge in [0, 0.05) is 10.8 Å². The van der Waals surface area contributed by atoms with E-state index < -0.39 is 27.8 Å². The third kappa shape index (κ3) is 2.47. The largest absolute Gasteiger partial charge is 0.471 e. The van der Waals surface area contributed by atoms with Gasteiger partial charge in [0.25, 0.3) is 0 Å². The van der Waals surface area contributed by atoms with E-state index in [9.17, 15) is 0 Å². The van der Waals surface area contributed by atoms with Crippen LogP contribution in [-0.2, 0) is 4.47 Å². The van der Waals surface area contributed by atoms with Crippen LogP contribution in [0, 0.1) is 27.8 Å². The van der Waals surface area contributed by atoms with Crippen LogP contribution in [0.3, 0.4) is 0 Å². The molecule has 0 saturated heterocycles. The van der Waals surface area contributed by atoms with Crippen LogP contribution in [0.5, 0.6) is 0 Å². The molecular formula is C8H6O3U+2. The van der Waals surface area contributed by atoms with Crippen LogP contribution >= 0.6 is 0 Å². The third-order valence-electron chi connectivity index (χ3n) is 1.39. The zero-order chi connectivity index (χ0) is 8.81. The normalized spacial score (nSPS) is 8.33. The maximum atomic E-state index is 8.58. The smallest absolute Gasteiger partial charge is 0.0981 e. The first kappa shape index (κ1) is 9.50. The van der Waals surface area contributed by atoms with Crippen LogP contribution in [0.1, 0.15) is 0 Å². The zero-order valence-corrected chi connectivity index (χ0v) is 10.4.